The van der Waals surface area contributed by atoms with Crippen LogP contribution in [0.1, 0.15) is 15.9 Å². The molecule has 3 rings (SSSR count). The van der Waals surface area contributed by atoms with Crippen LogP contribution in [0.4, 0.5) is 0 Å². The van der Waals surface area contributed by atoms with Gasteiger partial charge in [0.2, 0.25) is 5.78 Å². The summed E-state index contributed by atoms with van der Waals surface area (Å²) in [5.74, 6) is -0.609. The number of Topliss-reactive ketones (excluding diaryl/α,β-unsaturated/α-hetero) is 1. The number of ketones is 1. The number of sulfonamides is 1. The van der Waals surface area contributed by atoms with Crippen molar-refractivity contribution in [2.24, 2.45) is 0 Å². The molecule has 0 amide bonds. The Morgan fingerprint density at radius 2 is 1.50 bits per heavy atom. The topological polar surface area (TPSA) is 104 Å². The molecule has 28 heavy (non-hydrogen) atoms. The molecular weight excluding hydrogens is 378 g/mol. The Balaban J connectivity index is 2.03. The lowest BCUT2D eigenvalue weighted by Gasteiger charge is -2.12. The summed E-state index contributed by atoms with van der Waals surface area (Å²) in [6.07, 6.45) is 1.35. The van der Waals surface area contributed by atoms with E-state index in [-0.39, 0.29) is 22.1 Å². The Labute approximate surface area is 162 Å². The van der Waals surface area contributed by atoms with Gasteiger partial charge >= 0.3 is 0 Å². The van der Waals surface area contributed by atoms with E-state index in [4.69, 9.17) is 0 Å². The lowest BCUT2D eigenvalue weighted by atomic mass is 10.1. The van der Waals surface area contributed by atoms with Crippen LogP contribution in [0.2, 0.25) is 0 Å². The number of allylic oxidation sites excluding steroid dienone is 1. The van der Waals surface area contributed by atoms with Crippen LogP contribution in [0.3, 0.4) is 0 Å². The van der Waals surface area contributed by atoms with Gasteiger partial charge in [-0.1, -0.05) is 42.5 Å². The molecule has 0 heterocycles. The molecule has 7 heteroatoms. The van der Waals surface area contributed by atoms with Crippen molar-refractivity contribution < 1.29 is 23.4 Å². The molecule has 0 aliphatic rings. The van der Waals surface area contributed by atoms with Crippen molar-refractivity contribution in [1.82, 2.24) is 4.72 Å². The van der Waals surface area contributed by atoms with Crippen LogP contribution < -0.4 is 4.72 Å². The second-order valence-corrected chi connectivity index (χ2v) is 7.63. The number of nitrogens with one attached hydrogen (secondary N) is 1. The molecule has 0 unspecified atom stereocenters. The number of benzene rings is 3. The Morgan fingerprint density at radius 3 is 2.14 bits per heavy atom. The molecule has 6 nitrogen and oxygen atoms in total. The third-order valence-corrected chi connectivity index (χ3v) is 5.23. The molecule has 0 bridgehead atoms. The number of hydrogen-bond donors (Lipinski definition) is 3. The lowest BCUT2D eigenvalue weighted by Crippen LogP contribution is -2.27. The van der Waals surface area contributed by atoms with Crippen molar-refractivity contribution in [1.29, 1.82) is 0 Å². The van der Waals surface area contributed by atoms with Crippen LogP contribution in [0.15, 0.2) is 89.5 Å². The fourth-order valence-corrected chi connectivity index (χ4v) is 3.55. The molecule has 0 aliphatic carbocycles. The van der Waals surface area contributed by atoms with Crippen molar-refractivity contribution in [2.45, 2.75) is 4.90 Å². The zero-order valence-electron chi connectivity index (χ0n) is 14.6. The zero-order chi connectivity index (χ0) is 20.1. The normalized spacial score (nSPS) is 11.8. The number of rotatable bonds is 6. The standard InChI is InChI=1S/C21H17NO5S/c23-17-9-11-19(12-10-17)28(26,27)22-20(14-15-5-4-8-18(24)13-15)21(25)16-6-2-1-3-7-16/h1-14,22-24H. The first-order valence-corrected chi connectivity index (χ1v) is 9.76. The van der Waals surface area contributed by atoms with E-state index < -0.39 is 15.8 Å². The van der Waals surface area contributed by atoms with Gasteiger partial charge in [0.05, 0.1) is 10.6 Å². The summed E-state index contributed by atoms with van der Waals surface area (Å²) in [7, 11) is -4.07. The van der Waals surface area contributed by atoms with E-state index in [0.717, 1.165) is 0 Å². The van der Waals surface area contributed by atoms with Crippen molar-refractivity contribution >= 4 is 21.9 Å². The highest BCUT2D eigenvalue weighted by Crippen LogP contribution is 2.19. The van der Waals surface area contributed by atoms with Crippen LogP contribution in [-0.2, 0) is 10.0 Å². The monoisotopic (exact) mass is 395 g/mol. The van der Waals surface area contributed by atoms with Gasteiger partial charge in [0, 0.05) is 5.56 Å². The molecule has 0 radical (unpaired) electrons. The van der Waals surface area contributed by atoms with Gasteiger partial charge in [0.25, 0.3) is 10.0 Å². The Hall–Kier alpha value is -3.58. The highest BCUT2D eigenvalue weighted by Gasteiger charge is 2.21. The molecule has 0 aliphatic heterocycles. The minimum absolute atomic E-state index is 0.0124. The maximum absolute atomic E-state index is 12.9. The number of phenols is 2. The minimum atomic E-state index is -4.07. The zero-order valence-corrected chi connectivity index (χ0v) is 15.4. The Morgan fingerprint density at radius 1 is 0.821 bits per heavy atom. The van der Waals surface area contributed by atoms with Crippen LogP contribution in [0, 0.1) is 0 Å². The average molecular weight is 395 g/mol. The molecular formula is C21H17NO5S. The van der Waals surface area contributed by atoms with Gasteiger partial charge in [0.1, 0.15) is 11.5 Å². The van der Waals surface area contributed by atoms with Gasteiger partial charge in [-0.2, -0.15) is 0 Å². The molecule has 0 atom stereocenters. The van der Waals surface area contributed by atoms with Gasteiger partial charge in [-0.3, -0.25) is 9.52 Å². The first kappa shape index (κ1) is 19.2. The largest absolute Gasteiger partial charge is 0.508 e. The first-order valence-electron chi connectivity index (χ1n) is 8.27. The fraction of sp³-hybridized carbons (Fsp3) is 0. The number of hydrogen-bond acceptors (Lipinski definition) is 5. The molecule has 0 spiro atoms. The molecule has 3 N–H and O–H groups in total. The highest BCUT2D eigenvalue weighted by molar-refractivity contribution is 7.89. The predicted octanol–water partition coefficient (Wildman–Crippen LogP) is 3.30. The van der Waals surface area contributed by atoms with Crippen LogP contribution in [0.5, 0.6) is 11.5 Å². The summed E-state index contributed by atoms with van der Waals surface area (Å²) < 4.78 is 27.7. The quantitative estimate of drug-likeness (QED) is 0.439. The van der Waals surface area contributed by atoms with E-state index in [1.807, 2.05) is 0 Å². The molecule has 0 saturated carbocycles. The van der Waals surface area contributed by atoms with Crippen molar-refractivity contribution in [3.8, 4) is 11.5 Å². The molecule has 3 aromatic carbocycles. The van der Waals surface area contributed by atoms with Gasteiger partial charge in [-0.25, -0.2) is 8.42 Å². The first-order chi connectivity index (χ1) is 13.3. The lowest BCUT2D eigenvalue weighted by molar-refractivity contribution is 0.103. The number of aromatic hydroxyl groups is 2. The van der Waals surface area contributed by atoms with Gasteiger partial charge in [-0.05, 0) is 48.0 Å². The molecule has 0 saturated heterocycles. The summed E-state index contributed by atoms with van der Waals surface area (Å²) in [4.78, 5) is 12.8. The molecule has 3 aromatic rings. The Kier molecular flexibility index (Phi) is 5.47. The maximum atomic E-state index is 12.9. The van der Waals surface area contributed by atoms with E-state index in [1.54, 1.807) is 42.5 Å². The van der Waals surface area contributed by atoms with Gasteiger partial charge < -0.3 is 10.2 Å². The van der Waals surface area contributed by atoms with Gasteiger partial charge in [0.15, 0.2) is 0 Å². The van der Waals surface area contributed by atoms with Crippen LogP contribution >= 0.6 is 0 Å². The van der Waals surface area contributed by atoms with Crippen molar-refractivity contribution in [3.05, 3.63) is 95.7 Å². The second-order valence-electron chi connectivity index (χ2n) is 5.95. The van der Waals surface area contributed by atoms with Crippen molar-refractivity contribution in [2.75, 3.05) is 0 Å². The van der Waals surface area contributed by atoms with E-state index >= 15 is 0 Å². The second kappa shape index (κ2) is 7.98. The van der Waals surface area contributed by atoms with Crippen LogP contribution in [0.25, 0.3) is 6.08 Å². The van der Waals surface area contributed by atoms with Crippen LogP contribution in [-0.4, -0.2) is 24.4 Å². The summed E-state index contributed by atoms with van der Waals surface area (Å²) in [6.45, 7) is 0. The Bertz CT molecular complexity index is 1120. The fourth-order valence-electron chi connectivity index (χ4n) is 2.50. The molecule has 0 fully saturated rings. The number of phenolic OH excluding ortho intramolecular Hbond substituents is 2. The van der Waals surface area contributed by atoms with E-state index in [0.29, 0.717) is 11.1 Å². The molecule has 142 valence electrons. The summed E-state index contributed by atoms with van der Waals surface area (Å²) in [5, 5.41) is 19.0. The smallest absolute Gasteiger partial charge is 0.262 e. The number of carbonyl (C=O) groups excluding carboxylic acids is 1. The van der Waals surface area contributed by atoms with E-state index in [9.17, 15) is 23.4 Å². The summed E-state index contributed by atoms with van der Waals surface area (Å²) in [5.41, 5.74) is 0.583. The van der Waals surface area contributed by atoms with Crippen molar-refractivity contribution in [3.63, 3.8) is 0 Å². The highest BCUT2D eigenvalue weighted by atomic mass is 32.2. The van der Waals surface area contributed by atoms with E-state index in [2.05, 4.69) is 4.72 Å². The van der Waals surface area contributed by atoms with E-state index in [1.165, 1.54) is 42.5 Å². The third kappa shape index (κ3) is 4.57. The summed E-state index contributed by atoms with van der Waals surface area (Å²) >= 11 is 0. The maximum Gasteiger partial charge on any atom is 0.262 e. The SMILES string of the molecule is O=C(C(=Cc1cccc(O)c1)NS(=O)(=O)c1ccc(O)cc1)c1ccccc1. The predicted molar refractivity (Wildman–Crippen MR) is 105 cm³/mol. The average Bonchev–Trinajstić information content (AvgIpc) is 2.68. The summed E-state index contributed by atoms with van der Waals surface area (Å²) in [6, 6.07) is 19.3. The third-order valence-electron chi connectivity index (χ3n) is 3.85. The number of carbonyl (C=O) groups is 1. The van der Waals surface area contributed by atoms with Gasteiger partial charge in [-0.15, -0.1) is 0 Å². The molecule has 0 aromatic heterocycles. The minimum Gasteiger partial charge on any atom is -0.508 e.